The second kappa shape index (κ2) is 3.89. The molecule has 1 saturated carbocycles. The zero-order valence-corrected chi connectivity index (χ0v) is 9.22. The van der Waals surface area contributed by atoms with Gasteiger partial charge in [0.05, 0.1) is 11.7 Å². The molecule has 0 bridgehead atoms. The summed E-state index contributed by atoms with van der Waals surface area (Å²) in [6, 6.07) is 7.53. The normalized spacial score (nSPS) is 23.4. The van der Waals surface area contributed by atoms with E-state index >= 15 is 0 Å². The topological polar surface area (TPSA) is 62.5 Å². The van der Waals surface area contributed by atoms with Gasteiger partial charge in [0.1, 0.15) is 11.8 Å². The van der Waals surface area contributed by atoms with Crippen molar-refractivity contribution in [2.24, 2.45) is 0 Å². The fourth-order valence-electron chi connectivity index (χ4n) is 2.12. The molecule has 1 fully saturated rings. The van der Waals surface area contributed by atoms with Gasteiger partial charge in [0.15, 0.2) is 0 Å². The lowest BCUT2D eigenvalue weighted by atomic mass is 9.89. The monoisotopic (exact) mass is 231 g/mol. The van der Waals surface area contributed by atoms with Gasteiger partial charge in [-0.25, -0.2) is 0 Å². The average Bonchev–Trinajstić information content (AvgIpc) is 2.70. The van der Waals surface area contributed by atoms with E-state index < -0.39 is 0 Å². The molecule has 4 nitrogen and oxygen atoms in total. The molecule has 2 aromatic rings. The minimum atomic E-state index is -0.263. The molecule has 1 aromatic carbocycles. The highest BCUT2D eigenvalue weighted by Gasteiger charge is 2.29. The Hall–Kier alpha value is -1.81. The Kier molecular flexibility index (Phi) is 2.37. The first-order valence-electron chi connectivity index (χ1n) is 5.69. The van der Waals surface area contributed by atoms with E-state index in [0.717, 1.165) is 5.39 Å². The van der Waals surface area contributed by atoms with Gasteiger partial charge in [0.25, 0.3) is 5.91 Å². The van der Waals surface area contributed by atoms with Crippen LogP contribution in [0.2, 0.25) is 0 Å². The summed E-state index contributed by atoms with van der Waals surface area (Å²) in [5.74, 6) is -0.133. The zero-order valence-electron chi connectivity index (χ0n) is 9.22. The summed E-state index contributed by atoms with van der Waals surface area (Å²) in [6.07, 6.45) is 2.50. The molecule has 4 heteroatoms. The number of hydrogen-bond donors (Lipinski definition) is 2. The minimum absolute atomic E-state index is 0.0890. The van der Waals surface area contributed by atoms with E-state index in [9.17, 15) is 4.79 Å². The van der Waals surface area contributed by atoms with Crippen molar-refractivity contribution in [1.29, 1.82) is 0 Å². The Morgan fingerprint density at radius 1 is 1.35 bits per heavy atom. The molecule has 0 unspecified atom stereocenters. The average molecular weight is 231 g/mol. The van der Waals surface area contributed by atoms with E-state index in [1.807, 2.05) is 24.3 Å². The number of aliphatic hydroxyl groups excluding tert-OH is 1. The second-order valence-electron chi connectivity index (χ2n) is 4.44. The number of carbonyl (C=O) groups is 1. The van der Waals surface area contributed by atoms with Crippen LogP contribution in [0.15, 0.2) is 34.9 Å². The van der Waals surface area contributed by atoms with Crippen molar-refractivity contribution in [2.45, 2.75) is 25.0 Å². The molecule has 0 spiro atoms. The fraction of sp³-hybridized carbons (Fsp3) is 0.308. The van der Waals surface area contributed by atoms with Gasteiger partial charge in [0.2, 0.25) is 0 Å². The Balaban J connectivity index is 1.81. The number of carbonyl (C=O) groups excluding carboxylic acids is 1. The largest absolute Gasteiger partial charge is 0.463 e. The van der Waals surface area contributed by atoms with Crippen LogP contribution in [0.4, 0.5) is 0 Å². The highest BCUT2D eigenvalue weighted by atomic mass is 16.3. The number of hydrogen-bond acceptors (Lipinski definition) is 3. The third-order valence-corrected chi connectivity index (χ3v) is 3.17. The molecule has 17 heavy (non-hydrogen) atoms. The molecule has 88 valence electrons. The van der Waals surface area contributed by atoms with Crippen LogP contribution in [0.5, 0.6) is 0 Å². The number of benzene rings is 1. The minimum Gasteiger partial charge on any atom is -0.463 e. The van der Waals surface area contributed by atoms with E-state index in [-0.39, 0.29) is 18.1 Å². The first-order chi connectivity index (χ1) is 8.24. The molecule has 2 N–H and O–H groups in total. The van der Waals surface area contributed by atoms with Crippen LogP contribution in [0, 0.1) is 0 Å². The standard InChI is InChI=1S/C13H13NO3/c15-9-5-8(6-9)14-13(16)11-7-17-12-4-2-1-3-10(11)12/h1-4,7-9,15H,5-6H2,(H,14,16). The predicted octanol–water partition coefficient (Wildman–Crippen LogP) is 1.69. The van der Waals surface area contributed by atoms with Crippen LogP contribution in [0.1, 0.15) is 23.2 Å². The van der Waals surface area contributed by atoms with Gasteiger partial charge in [-0.1, -0.05) is 18.2 Å². The number of nitrogens with one attached hydrogen (secondary N) is 1. The molecule has 1 aliphatic rings. The van der Waals surface area contributed by atoms with Crippen molar-refractivity contribution >= 4 is 16.9 Å². The first-order valence-corrected chi connectivity index (χ1v) is 5.69. The molecule has 0 atom stereocenters. The summed E-state index contributed by atoms with van der Waals surface area (Å²) in [7, 11) is 0. The lowest BCUT2D eigenvalue weighted by molar-refractivity contribution is 0.0563. The Morgan fingerprint density at radius 2 is 2.12 bits per heavy atom. The molecule has 0 radical (unpaired) electrons. The zero-order chi connectivity index (χ0) is 11.8. The summed E-state index contributed by atoms with van der Waals surface area (Å²) in [6.45, 7) is 0. The van der Waals surface area contributed by atoms with E-state index in [1.165, 1.54) is 6.26 Å². The van der Waals surface area contributed by atoms with E-state index in [0.29, 0.717) is 24.0 Å². The number of aliphatic hydroxyl groups is 1. The van der Waals surface area contributed by atoms with E-state index in [4.69, 9.17) is 9.52 Å². The maximum atomic E-state index is 12.0. The second-order valence-corrected chi connectivity index (χ2v) is 4.44. The summed E-state index contributed by atoms with van der Waals surface area (Å²) in [5, 5.41) is 12.9. The summed E-state index contributed by atoms with van der Waals surface area (Å²) in [4.78, 5) is 12.0. The Morgan fingerprint density at radius 3 is 2.88 bits per heavy atom. The molecule has 0 aliphatic heterocycles. The molecule has 1 amide bonds. The summed E-state index contributed by atoms with van der Waals surface area (Å²) >= 11 is 0. The Labute approximate surface area is 98.2 Å². The molecule has 1 heterocycles. The van der Waals surface area contributed by atoms with Crippen LogP contribution in [0.25, 0.3) is 11.0 Å². The number of rotatable bonds is 2. The quantitative estimate of drug-likeness (QED) is 0.826. The van der Waals surface area contributed by atoms with Gasteiger partial charge in [-0.05, 0) is 18.9 Å². The van der Waals surface area contributed by atoms with Crippen LogP contribution < -0.4 is 5.32 Å². The van der Waals surface area contributed by atoms with Crippen molar-refractivity contribution in [3.8, 4) is 0 Å². The molecular formula is C13H13NO3. The SMILES string of the molecule is O=C(NC1CC(O)C1)c1coc2ccccc12. The van der Waals surface area contributed by atoms with Crippen molar-refractivity contribution in [3.05, 3.63) is 36.1 Å². The molecule has 3 rings (SSSR count). The smallest absolute Gasteiger partial charge is 0.255 e. The maximum Gasteiger partial charge on any atom is 0.255 e. The molecule has 1 aromatic heterocycles. The van der Waals surface area contributed by atoms with Gasteiger partial charge < -0.3 is 14.8 Å². The number of fused-ring (bicyclic) bond motifs is 1. The Bertz CT molecular complexity index is 555. The molecular weight excluding hydrogens is 218 g/mol. The molecule has 0 saturated heterocycles. The van der Waals surface area contributed by atoms with E-state index in [2.05, 4.69) is 5.32 Å². The summed E-state index contributed by atoms with van der Waals surface area (Å²) in [5.41, 5.74) is 1.27. The maximum absolute atomic E-state index is 12.0. The van der Waals surface area contributed by atoms with Gasteiger partial charge >= 0.3 is 0 Å². The highest BCUT2D eigenvalue weighted by molar-refractivity contribution is 6.06. The lowest BCUT2D eigenvalue weighted by Crippen LogP contribution is -2.46. The van der Waals surface area contributed by atoms with Gasteiger partial charge in [0, 0.05) is 11.4 Å². The third kappa shape index (κ3) is 1.80. The molecule has 1 aliphatic carbocycles. The van der Waals surface area contributed by atoms with Crippen LogP contribution in [0.3, 0.4) is 0 Å². The van der Waals surface area contributed by atoms with Crippen molar-refractivity contribution < 1.29 is 14.3 Å². The van der Waals surface area contributed by atoms with Crippen molar-refractivity contribution in [1.82, 2.24) is 5.32 Å². The van der Waals surface area contributed by atoms with Gasteiger partial charge in [-0.3, -0.25) is 4.79 Å². The van der Waals surface area contributed by atoms with Gasteiger partial charge in [-0.2, -0.15) is 0 Å². The number of para-hydroxylation sites is 1. The lowest BCUT2D eigenvalue weighted by Gasteiger charge is -2.31. The van der Waals surface area contributed by atoms with Gasteiger partial charge in [-0.15, -0.1) is 0 Å². The number of amides is 1. The van der Waals surface area contributed by atoms with Crippen molar-refractivity contribution in [2.75, 3.05) is 0 Å². The predicted molar refractivity (Wildman–Crippen MR) is 62.7 cm³/mol. The van der Waals surface area contributed by atoms with Crippen LogP contribution in [-0.4, -0.2) is 23.2 Å². The summed E-state index contributed by atoms with van der Waals surface area (Å²) < 4.78 is 5.31. The van der Waals surface area contributed by atoms with Crippen LogP contribution in [-0.2, 0) is 0 Å². The van der Waals surface area contributed by atoms with Crippen LogP contribution >= 0.6 is 0 Å². The first kappa shape index (κ1) is 10.4. The van der Waals surface area contributed by atoms with E-state index in [1.54, 1.807) is 0 Å². The van der Waals surface area contributed by atoms with Crippen molar-refractivity contribution in [3.63, 3.8) is 0 Å². The fourth-order valence-corrected chi connectivity index (χ4v) is 2.12. The third-order valence-electron chi connectivity index (χ3n) is 3.17. The number of furan rings is 1. The highest BCUT2D eigenvalue weighted by Crippen LogP contribution is 2.23.